The lowest BCUT2D eigenvalue weighted by Gasteiger charge is -2.23. The number of aromatic nitrogens is 1. The van der Waals surface area contributed by atoms with Crippen LogP contribution in [0.3, 0.4) is 0 Å². The first kappa shape index (κ1) is 14.4. The summed E-state index contributed by atoms with van der Waals surface area (Å²) in [6.07, 6.45) is 1.13. The zero-order valence-corrected chi connectivity index (χ0v) is 12.2. The molecular formula is C12H19Cl2N3. The molecule has 96 valence electrons. The largest absolute Gasteiger partial charge is 0.372 e. The molecule has 3 nitrogen and oxygen atoms in total. The monoisotopic (exact) mass is 275 g/mol. The highest BCUT2D eigenvalue weighted by atomic mass is 35.5. The van der Waals surface area contributed by atoms with E-state index >= 15 is 0 Å². The fourth-order valence-corrected chi connectivity index (χ4v) is 2.18. The Morgan fingerprint density at radius 2 is 2.06 bits per heavy atom. The van der Waals surface area contributed by atoms with Gasteiger partial charge in [-0.2, -0.15) is 0 Å². The van der Waals surface area contributed by atoms with E-state index in [9.17, 15) is 0 Å². The zero-order chi connectivity index (χ0) is 13.0. The van der Waals surface area contributed by atoms with E-state index in [4.69, 9.17) is 23.2 Å². The van der Waals surface area contributed by atoms with E-state index in [2.05, 4.69) is 29.0 Å². The molecule has 1 rings (SSSR count). The predicted molar refractivity (Wildman–Crippen MR) is 76.5 cm³/mol. The number of hydrogen-bond acceptors (Lipinski definition) is 3. The molecule has 1 aromatic rings. The Balaban J connectivity index is 2.96. The van der Waals surface area contributed by atoms with Crippen LogP contribution in [0.1, 0.15) is 20.3 Å². The van der Waals surface area contributed by atoms with Crippen molar-refractivity contribution in [2.75, 3.05) is 30.9 Å². The van der Waals surface area contributed by atoms with Crippen LogP contribution < -0.4 is 10.2 Å². The molecule has 1 heterocycles. The molecule has 0 saturated carbocycles. The van der Waals surface area contributed by atoms with Crippen LogP contribution in [0.2, 0.25) is 10.0 Å². The Labute approximate surface area is 113 Å². The number of nitrogens with one attached hydrogen (secondary N) is 1. The van der Waals surface area contributed by atoms with Crippen molar-refractivity contribution in [1.82, 2.24) is 4.98 Å². The molecule has 0 saturated heterocycles. The van der Waals surface area contributed by atoms with Gasteiger partial charge in [-0.1, -0.05) is 43.5 Å². The molecule has 17 heavy (non-hydrogen) atoms. The molecule has 0 fully saturated rings. The Morgan fingerprint density at radius 1 is 1.41 bits per heavy atom. The molecule has 1 unspecified atom stereocenters. The van der Waals surface area contributed by atoms with Gasteiger partial charge in [0, 0.05) is 20.6 Å². The van der Waals surface area contributed by atoms with Crippen LogP contribution in [-0.2, 0) is 0 Å². The number of pyridine rings is 1. The normalized spacial score (nSPS) is 12.4. The Kier molecular flexibility index (Phi) is 5.34. The first-order valence-electron chi connectivity index (χ1n) is 5.74. The number of halogens is 2. The quantitative estimate of drug-likeness (QED) is 0.883. The summed E-state index contributed by atoms with van der Waals surface area (Å²) in [6, 6.07) is 1.73. The smallest absolute Gasteiger partial charge is 0.149 e. The maximum Gasteiger partial charge on any atom is 0.149 e. The van der Waals surface area contributed by atoms with Crippen LogP contribution in [0.4, 0.5) is 11.6 Å². The molecule has 1 aromatic heterocycles. The van der Waals surface area contributed by atoms with Gasteiger partial charge in [0.1, 0.15) is 11.6 Å². The highest BCUT2D eigenvalue weighted by Gasteiger charge is 2.13. The van der Waals surface area contributed by atoms with Crippen LogP contribution in [0.5, 0.6) is 0 Å². The molecule has 0 aliphatic carbocycles. The second kappa shape index (κ2) is 6.31. The maximum absolute atomic E-state index is 6.16. The minimum absolute atomic E-state index is 0.540. The van der Waals surface area contributed by atoms with Crippen molar-refractivity contribution < 1.29 is 0 Å². The van der Waals surface area contributed by atoms with Gasteiger partial charge in [0.15, 0.2) is 0 Å². The lowest BCUT2D eigenvalue weighted by molar-refractivity contribution is 0.558. The zero-order valence-electron chi connectivity index (χ0n) is 10.7. The third-order valence-electron chi connectivity index (χ3n) is 2.79. The molecular weight excluding hydrogens is 257 g/mol. The standard InChI is InChI=1S/C12H19Cl2N3/c1-5-8(2)7-17(4)12-10(14)6-9(13)11(15-3)16-12/h6,8H,5,7H2,1-4H3,(H,15,16). The van der Waals surface area contributed by atoms with Crippen molar-refractivity contribution in [3.63, 3.8) is 0 Å². The summed E-state index contributed by atoms with van der Waals surface area (Å²) in [5.74, 6) is 2.02. The molecule has 0 spiro atoms. The Bertz CT molecular complexity index is 382. The predicted octanol–water partition coefficient (Wildman–Crippen LogP) is 3.91. The van der Waals surface area contributed by atoms with E-state index in [-0.39, 0.29) is 0 Å². The van der Waals surface area contributed by atoms with Crippen molar-refractivity contribution in [2.24, 2.45) is 5.92 Å². The van der Waals surface area contributed by atoms with Crippen LogP contribution in [0, 0.1) is 5.92 Å². The topological polar surface area (TPSA) is 28.2 Å². The van der Waals surface area contributed by atoms with Crippen molar-refractivity contribution in [3.05, 3.63) is 16.1 Å². The van der Waals surface area contributed by atoms with Gasteiger partial charge in [0.25, 0.3) is 0 Å². The molecule has 0 aliphatic heterocycles. The first-order chi connectivity index (χ1) is 7.99. The van der Waals surface area contributed by atoms with Gasteiger partial charge < -0.3 is 10.2 Å². The van der Waals surface area contributed by atoms with E-state index < -0.39 is 0 Å². The average molecular weight is 276 g/mol. The molecule has 0 radical (unpaired) electrons. The van der Waals surface area contributed by atoms with Crippen LogP contribution in [0.15, 0.2) is 6.07 Å². The minimum Gasteiger partial charge on any atom is -0.372 e. The van der Waals surface area contributed by atoms with Gasteiger partial charge in [-0.25, -0.2) is 4.98 Å². The number of anilines is 2. The molecule has 0 aromatic carbocycles. The van der Waals surface area contributed by atoms with Crippen molar-refractivity contribution in [2.45, 2.75) is 20.3 Å². The molecule has 0 bridgehead atoms. The Hall–Kier alpha value is -0.670. The third kappa shape index (κ3) is 3.65. The van der Waals surface area contributed by atoms with E-state index in [1.807, 2.05) is 7.05 Å². The van der Waals surface area contributed by atoms with Gasteiger partial charge in [-0.05, 0) is 12.0 Å². The maximum atomic E-state index is 6.16. The van der Waals surface area contributed by atoms with Crippen LogP contribution in [-0.4, -0.2) is 25.6 Å². The van der Waals surface area contributed by atoms with Gasteiger partial charge in [-0.3, -0.25) is 0 Å². The highest BCUT2D eigenvalue weighted by Crippen LogP contribution is 2.31. The summed E-state index contributed by atoms with van der Waals surface area (Å²) in [4.78, 5) is 6.49. The van der Waals surface area contributed by atoms with Gasteiger partial charge >= 0.3 is 0 Å². The summed E-state index contributed by atoms with van der Waals surface area (Å²) in [6.45, 7) is 5.31. The fraction of sp³-hybridized carbons (Fsp3) is 0.583. The van der Waals surface area contributed by atoms with E-state index in [0.29, 0.717) is 21.8 Å². The lowest BCUT2D eigenvalue weighted by Crippen LogP contribution is -2.25. The molecule has 5 heteroatoms. The summed E-state index contributed by atoms with van der Waals surface area (Å²) >= 11 is 12.2. The molecule has 0 amide bonds. The molecule has 1 N–H and O–H groups in total. The van der Waals surface area contributed by atoms with Crippen molar-refractivity contribution in [3.8, 4) is 0 Å². The second-order valence-electron chi connectivity index (χ2n) is 4.27. The fourth-order valence-electron chi connectivity index (χ4n) is 1.58. The van der Waals surface area contributed by atoms with Gasteiger partial charge in [0.05, 0.1) is 10.0 Å². The number of hydrogen-bond donors (Lipinski definition) is 1. The minimum atomic E-state index is 0.540. The average Bonchev–Trinajstić information content (AvgIpc) is 2.28. The van der Waals surface area contributed by atoms with Gasteiger partial charge in [-0.15, -0.1) is 0 Å². The van der Waals surface area contributed by atoms with Crippen LogP contribution >= 0.6 is 23.2 Å². The molecule has 0 aliphatic rings. The summed E-state index contributed by atoms with van der Waals surface area (Å²) in [5.41, 5.74) is 0. The highest BCUT2D eigenvalue weighted by molar-refractivity contribution is 6.37. The van der Waals surface area contributed by atoms with E-state index in [0.717, 1.165) is 18.8 Å². The number of rotatable bonds is 5. The molecule has 1 atom stereocenters. The lowest BCUT2D eigenvalue weighted by atomic mass is 10.1. The summed E-state index contributed by atoms with van der Waals surface area (Å²) in [7, 11) is 3.79. The van der Waals surface area contributed by atoms with Crippen LogP contribution in [0.25, 0.3) is 0 Å². The van der Waals surface area contributed by atoms with E-state index in [1.54, 1.807) is 13.1 Å². The Morgan fingerprint density at radius 3 is 2.59 bits per heavy atom. The van der Waals surface area contributed by atoms with Crippen molar-refractivity contribution in [1.29, 1.82) is 0 Å². The second-order valence-corrected chi connectivity index (χ2v) is 5.08. The van der Waals surface area contributed by atoms with Crippen molar-refractivity contribution >= 4 is 34.8 Å². The number of nitrogens with zero attached hydrogens (tertiary/aromatic N) is 2. The third-order valence-corrected chi connectivity index (χ3v) is 3.36. The van der Waals surface area contributed by atoms with Gasteiger partial charge in [0.2, 0.25) is 0 Å². The van der Waals surface area contributed by atoms with E-state index in [1.165, 1.54) is 0 Å². The SMILES string of the molecule is CCC(C)CN(C)c1nc(NC)c(Cl)cc1Cl. The first-order valence-corrected chi connectivity index (χ1v) is 6.50. The summed E-state index contributed by atoms with van der Waals surface area (Å²) in [5, 5.41) is 4.08. The summed E-state index contributed by atoms with van der Waals surface area (Å²) < 4.78 is 0.